The molecule has 0 fully saturated rings. The zero-order chi connectivity index (χ0) is 12.5. The summed E-state index contributed by atoms with van der Waals surface area (Å²) in [5, 5.41) is 2.83. The molecule has 1 aromatic rings. The summed E-state index contributed by atoms with van der Waals surface area (Å²) in [6.45, 7) is 0.646. The lowest BCUT2D eigenvalue weighted by Gasteiger charge is -2.06. The van der Waals surface area contributed by atoms with E-state index in [9.17, 15) is 4.79 Å². The first-order chi connectivity index (χ1) is 8.24. The summed E-state index contributed by atoms with van der Waals surface area (Å²) in [5.74, 6) is 2.59. The van der Waals surface area contributed by atoms with Crippen LogP contribution >= 0.6 is 0 Å². The van der Waals surface area contributed by atoms with Crippen molar-refractivity contribution < 1.29 is 4.79 Å². The van der Waals surface area contributed by atoms with Crippen molar-refractivity contribution in [3.8, 4) is 12.3 Å². The van der Waals surface area contributed by atoms with Crippen molar-refractivity contribution in [1.29, 1.82) is 0 Å². The molecule has 0 saturated heterocycles. The molecule has 0 aliphatic carbocycles. The van der Waals surface area contributed by atoms with Gasteiger partial charge < -0.3 is 11.1 Å². The number of nitrogens with one attached hydrogen (secondary N) is 1. The van der Waals surface area contributed by atoms with E-state index in [0.717, 1.165) is 17.7 Å². The van der Waals surface area contributed by atoms with Gasteiger partial charge in [0.05, 0.1) is 0 Å². The lowest BCUT2D eigenvalue weighted by atomic mass is 10.1. The molecule has 0 aliphatic heterocycles. The monoisotopic (exact) mass is 230 g/mol. The van der Waals surface area contributed by atoms with Crippen LogP contribution in [-0.2, 0) is 11.2 Å². The van der Waals surface area contributed by atoms with Crippen LogP contribution in [0.15, 0.2) is 24.3 Å². The van der Waals surface area contributed by atoms with Crippen molar-refractivity contribution in [3.05, 3.63) is 29.8 Å². The second-order valence-corrected chi connectivity index (χ2v) is 3.86. The molecule has 3 N–H and O–H groups in total. The van der Waals surface area contributed by atoms with Crippen LogP contribution in [0.5, 0.6) is 0 Å². The molecule has 90 valence electrons. The average molecular weight is 230 g/mol. The van der Waals surface area contributed by atoms with Gasteiger partial charge in [0.25, 0.3) is 0 Å². The van der Waals surface area contributed by atoms with Crippen molar-refractivity contribution in [3.63, 3.8) is 0 Å². The molecule has 17 heavy (non-hydrogen) atoms. The van der Waals surface area contributed by atoms with Gasteiger partial charge in [0.1, 0.15) is 0 Å². The van der Waals surface area contributed by atoms with E-state index in [1.165, 1.54) is 0 Å². The molecule has 0 aromatic heterocycles. The number of rotatable bonds is 6. The summed E-state index contributed by atoms with van der Waals surface area (Å²) in [6.07, 6.45) is 7.79. The Morgan fingerprint density at radius 1 is 1.41 bits per heavy atom. The van der Waals surface area contributed by atoms with Crippen LogP contribution in [0, 0.1) is 12.3 Å². The number of carbonyl (C=O) groups is 1. The number of amides is 1. The number of terminal acetylenes is 1. The lowest BCUT2D eigenvalue weighted by Crippen LogP contribution is -2.24. The van der Waals surface area contributed by atoms with E-state index in [0.29, 0.717) is 25.8 Å². The molecular weight excluding hydrogens is 212 g/mol. The maximum absolute atomic E-state index is 11.5. The van der Waals surface area contributed by atoms with Gasteiger partial charge in [-0.25, -0.2) is 0 Å². The highest BCUT2D eigenvalue weighted by Crippen LogP contribution is 2.12. The molecule has 3 nitrogen and oxygen atoms in total. The van der Waals surface area contributed by atoms with Crippen molar-refractivity contribution in [2.45, 2.75) is 25.7 Å². The fourth-order valence-electron chi connectivity index (χ4n) is 1.52. The SMILES string of the molecule is C#CCCCNC(=O)CCc1ccccc1N. The Labute approximate surface area is 102 Å². The number of para-hydroxylation sites is 1. The third-order valence-electron chi connectivity index (χ3n) is 2.50. The Bertz CT molecular complexity index is 407. The molecule has 0 bridgehead atoms. The predicted molar refractivity (Wildman–Crippen MR) is 70.3 cm³/mol. The van der Waals surface area contributed by atoms with Crippen LogP contribution in [0.1, 0.15) is 24.8 Å². The molecule has 3 heteroatoms. The Morgan fingerprint density at radius 3 is 2.88 bits per heavy atom. The van der Waals surface area contributed by atoms with Gasteiger partial charge in [0.2, 0.25) is 5.91 Å². The quantitative estimate of drug-likeness (QED) is 0.444. The van der Waals surface area contributed by atoms with E-state index < -0.39 is 0 Å². The number of carbonyl (C=O) groups excluding carboxylic acids is 1. The van der Waals surface area contributed by atoms with Crippen LogP contribution < -0.4 is 11.1 Å². The molecule has 0 aliphatic rings. The molecule has 0 spiro atoms. The van der Waals surface area contributed by atoms with Crippen LogP contribution in [0.4, 0.5) is 5.69 Å². The third kappa shape index (κ3) is 5.07. The van der Waals surface area contributed by atoms with Gasteiger partial charge in [0.15, 0.2) is 0 Å². The van der Waals surface area contributed by atoms with Gasteiger partial charge >= 0.3 is 0 Å². The van der Waals surface area contributed by atoms with Crippen LogP contribution in [-0.4, -0.2) is 12.5 Å². The largest absolute Gasteiger partial charge is 0.399 e. The van der Waals surface area contributed by atoms with Crippen molar-refractivity contribution in [1.82, 2.24) is 5.32 Å². The van der Waals surface area contributed by atoms with Crippen LogP contribution in [0.25, 0.3) is 0 Å². The summed E-state index contributed by atoms with van der Waals surface area (Å²) in [6, 6.07) is 7.61. The van der Waals surface area contributed by atoms with Gasteiger partial charge in [-0.1, -0.05) is 18.2 Å². The number of benzene rings is 1. The van der Waals surface area contributed by atoms with Gasteiger partial charge in [-0.2, -0.15) is 0 Å². The summed E-state index contributed by atoms with van der Waals surface area (Å²) in [4.78, 5) is 11.5. The molecule has 1 amide bonds. The fourth-order valence-corrected chi connectivity index (χ4v) is 1.52. The number of nitrogens with two attached hydrogens (primary N) is 1. The highest BCUT2D eigenvalue weighted by molar-refractivity contribution is 5.76. The topological polar surface area (TPSA) is 55.1 Å². The molecule has 1 rings (SSSR count). The molecule has 0 atom stereocenters. The van der Waals surface area contributed by atoms with E-state index in [4.69, 9.17) is 12.2 Å². The third-order valence-corrected chi connectivity index (χ3v) is 2.50. The van der Waals surface area contributed by atoms with Gasteiger partial charge in [0, 0.05) is 25.1 Å². The van der Waals surface area contributed by atoms with Crippen LogP contribution in [0.2, 0.25) is 0 Å². The number of aryl methyl sites for hydroxylation is 1. The zero-order valence-electron chi connectivity index (χ0n) is 9.91. The summed E-state index contributed by atoms with van der Waals surface area (Å²) in [5.41, 5.74) is 7.56. The summed E-state index contributed by atoms with van der Waals surface area (Å²) in [7, 11) is 0. The van der Waals surface area contributed by atoms with Gasteiger partial charge in [-0.05, 0) is 24.5 Å². The lowest BCUT2D eigenvalue weighted by molar-refractivity contribution is -0.121. The summed E-state index contributed by atoms with van der Waals surface area (Å²) < 4.78 is 0. The first-order valence-electron chi connectivity index (χ1n) is 5.77. The highest BCUT2D eigenvalue weighted by atomic mass is 16.1. The fraction of sp³-hybridized carbons (Fsp3) is 0.357. The van der Waals surface area contributed by atoms with E-state index in [-0.39, 0.29) is 5.91 Å². The first-order valence-corrected chi connectivity index (χ1v) is 5.77. The second-order valence-electron chi connectivity index (χ2n) is 3.86. The standard InChI is InChI=1S/C14H18N2O/c1-2-3-6-11-16-14(17)10-9-12-7-4-5-8-13(12)15/h1,4-5,7-8H,3,6,9-11,15H2,(H,16,17). The minimum absolute atomic E-state index is 0.0466. The second kappa shape index (κ2) is 7.34. The number of anilines is 1. The summed E-state index contributed by atoms with van der Waals surface area (Å²) >= 11 is 0. The predicted octanol–water partition coefficient (Wildman–Crippen LogP) is 1.73. The van der Waals surface area contributed by atoms with Crippen LogP contribution in [0.3, 0.4) is 0 Å². The van der Waals surface area contributed by atoms with Gasteiger partial charge in [-0.3, -0.25) is 4.79 Å². The molecule has 0 heterocycles. The molecule has 1 aromatic carbocycles. The Hall–Kier alpha value is -1.95. The first kappa shape index (κ1) is 13.1. The minimum atomic E-state index is 0.0466. The maximum Gasteiger partial charge on any atom is 0.220 e. The Morgan fingerprint density at radius 2 is 2.18 bits per heavy atom. The van der Waals surface area contributed by atoms with E-state index in [1.807, 2.05) is 24.3 Å². The number of hydrogen-bond donors (Lipinski definition) is 2. The Kier molecular flexibility index (Phi) is 5.67. The maximum atomic E-state index is 11.5. The van der Waals surface area contributed by atoms with Crippen molar-refractivity contribution in [2.75, 3.05) is 12.3 Å². The van der Waals surface area contributed by atoms with Crippen molar-refractivity contribution in [2.24, 2.45) is 0 Å². The van der Waals surface area contributed by atoms with E-state index in [1.54, 1.807) is 0 Å². The van der Waals surface area contributed by atoms with E-state index in [2.05, 4.69) is 11.2 Å². The highest BCUT2D eigenvalue weighted by Gasteiger charge is 2.03. The molecule has 0 saturated carbocycles. The van der Waals surface area contributed by atoms with Gasteiger partial charge in [-0.15, -0.1) is 12.3 Å². The zero-order valence-corrected chi connectivity index (χ0v) is 9.91. The Balaban J connectivity index is 2.25. The molecule has 0 unspecified atom stereocenters. The number of hydrogen-bond acceptors (Lipinski definition) is 2. The molecular formula is C14H18N2O. The average Bonchev–Trinajstić information content (AvgIpc) is 2.34. The number of nitrogen functional groups attached to an aromatic ring is 1. The minimum Gasteiger partial charge on any atom is -0.399 e. The van der Waals surface area contributed by atoms with Crippen molar-refractivity contribution >= 4 is 11.6 Å². The van der Waals surface area contributed by atoms with E-state index >= 15 is 0 Å². The normalized spacial score (nSPS) is 9.59. The number of unbranched alkanes of at least 4 members (excludes halogenated alkanes) is 1. The smallest absolute Gasteiger partial charge is 0.220 e. The molecule has 0 radical (unpaired) electrons.